The number of rotatable bonds is 7. The third kappa shape index (κ3) is 4.35. The van der Waals surface area contributed by atoms with Crippen molar-refractivity contribution >= 4 is 11.8 Å². The van der Waals surface area contributed by atoms with Crippen LogP contribution in [-0.4, -0.2) is 16.9 Å². The molecule has 0 unspecified atom stereocenters. The third-order valence-corrected chi connectivity index (χ3v) is 9.16. The fourth-order valence-corrected chi connectivity index (χ4v) is 7.40. The molecule has 7 atom stereocenters. The predicted octanol–water partition coefficient (Wildman–Crippen LogP) is 6.52. The first-order valence-electron chi connectivity index (χ1n) is 12.0. The molecule has 3 rings (SSSR count). The molecule has 0 aromatic rings. The summed E-state index contributed by atoms with van der Waals surface area (Å²) in [5.41, 5.74) is 0.000623. The van der Waals surface area contributed by atoms with Gasteiger partial charge in [-0.2, -0.15) is 0 Å². The number of carboxylic acid groups (broad SMARTS) is 1. The first-order valence-corrected chi connectivity index (χ1v) is 12.0. The number of carbonyl (C=O) groups is 2. The van der Waals surface area contributed by atoms with Gasteiger partial charge < -0.3 is 5.11 Å². The van der Waals surface area contributed by atoms with Gasteiger partial charge in [0.2, 0.25) is 0 Å². The number of hydrogen-bond donors (Lipinski definition) is 1. The maximum Gasteiger partial charge on any atom is 0.307 e. The molecule has 0 spiro atoms. The van der Waals surface area contributed by atoms with Gasteiger partial charge in [0.15, 0.2) is 5.78 Å². The number of fused-ring (bicyclic) bond motifs is 1. The number of ketones is 1. The van der Waals surface area contributed by atoms with Gasteiger partial charge in [-0.3, -0.25) is 9.59 Å². The van der Waals surface area contributed by atoms with E-state index in [-0.39, 0.29) is 34.4 Å². The summed E-state index contributed by atoms with van der Waals surface area (Å²) in [5.74, 6) is 1.83. The van der Waals surface area contributed by atoms with Crippen LogP contribution in [0.2, 0.25) is 0 Å². The number of carboxylic acids is 1. The van der Waals surface area contributed by atoms with E-state index in [9.17, 15) is 14.7 Å². The molecule has 0 aromatic heterocycles. The smallest absolute Gasteiger partial charge is 0.307 e. The van der Waals surface area contributed by atoms with E-state index in [1.165, 1.54) is 25.7 Å². The van der Waals surface area contributed by atoms with Crippen LogP contribution in [0, 0.1) is 46.3 Å². The Balaban J connectivity index is 1.79. The standard InChI is InChI=1S/C26H42O3/c1-17(2)7-6-8-18(3)20-9-10-22-23(24(28)29)21(13-16-26(20,22)5)25(4)14-11-19(27)12-15-25/h11,14,17-18,20-23H,6-10,12-13,15-16H2,1-5H3,(H,28,29)/t18-,20-,21-,22-,23-,25+,26+/m0/s1. The lowest BCUT2D eigenvalue weighted by Crippen LogP contribution is -2.50. The monoisotopic (exact) mass is 402 g/mol. The highest BCUT2D eigenvalue weighted by Gasteiger charge is 2.59. The summed E-state index contributed by atoms with van der Waals surface area (Å²) in [6.45, 7) is 11.6. The average molecular weight is 403 g/mol. The predicted molar refractivity (Wildman–Crippen MR) is 118 cm³/mol. The van der Waals surface area contributed by atoms with Crippen molar-refractivity contribution in [1.82, 2.24) is 0 Å². The van der Waals surface area contributed by atoms with E-state index in [0.29, 0.717) is 18.3 Å². The molecule has 0 aromatic carbocycles. The van der Waals surface area contributed by atoms with Crippen LogP contribution in [0.4, 0.5) is 0 Å². The molecule has 3 nitrogen and oxygen atoms in total. The second kappa shape index (κ2) is 8.55. The van der Waals surface area contributed by atoms with Gasteiger partial charge in [-0.1, -0.05) is 60.0 Å². The molecule has 2 saturated carbocycles. The van der Waals surface area contributed by atoms with Crippen LogP contribution in [0.15, 0.2) is 12.2 Å². The van der Waals surface area contributed by atoms with Gasteiger partial charge in [-0.15, -0.1) is 0 Å². The molecule has 3 aliphatic carbocycles. The second-order valence-corrected chi connectivity index (χ2v) is 11.4. The van der Waals surface area contributed by atoms with Crippen LogP contribution in [0.5, 0.6) is 0 Å². The number of allylic oxidation sites excluding steroid dienone is 2. The lowest BCUT2D eigenvalue weighted by atomic mass is 9.51. The Morgan fingerprint density at radius 3 is 2.41 bits per heavy atom. The zero-order chi connectivity index (χ0) is 21.4. The molecule has 0 amide bonds. The Morgan fingerprint density at radius 2 is 1.83 bits per heavy atom. The van der Waals surface area contributed by atoms with E-state index in [2.05, 4.69) is 34.6 Å². The summed E-state index contributed by atoms with van der Waals surface area (Å²) in [6, 6.07) is 0. The molecule has 1 N–H and O–H groups in total. The molecule has 3 aliphatic rings. The molecule has 3 heteroatoms. The van der Waals surface area contributed by atoms with E-state index in [1.54, 1.807) is 6.08 Å². The van der Waals surface area contributed by atoms with Gasteiger partial charge in [0, 0.05) is 6.42 Å². The highest BCUT2D eigenvalue weighted by molar-refractivity contribution is 5.90. The maximum absolute atomic E-state index is 12.5. The summed E-state index contributed by atoms with van der Waals surface area (Å²) < 4.78 is 0. The Labute approximate surface area is 177 Å². The minimum Gasteiger partial charge on any atom is -0.481 e. The molecular formula is C26H42O3. The minimum atomic E-state index is -0.606. The van der Waals surface area contributed by atoms with Crippen molar-refractivity contribution in [2.45, 2.75) is 92.4 Å². The van der Waals surface area contributed by atoms with E-state index in [1.807, 2.05) is 6.08 Å². The molecule has 0 bridgehead atoms. The Hall–Kier alpha value is -1.12. The number of hydrogen-bond acceptors (Lipinski definition) is 2. The van der Waals surface area contributed by atoms with Crippen molar-refractivity contribution in [1.29, 1.82) is 0 Å². The zero-order valence-electron chi connectivity index (χ0n) is 19.2. The summed E-state index contributed by atoms with van der Waals surface area (Å²) in [5, 5.41) is 10.3. The molecule has 0 radical (unpaired) electrons. The van der Waals surface area contributed by atoms with Crippen LogP contribution in [-0.2, 0) is 9.59 Å². The zero-order valence-corrected chi connectivity index (χ0v) is 19.2. The number of carbonyl (C=O) groups excluding carboxylic acids is 1. The van der Waals surface area contributed by atoms with Crippen LogP contribution in [0.3, 0.4) is 0 Å². The van der Waals surface area contributed by atoms with Crippen molar-refractivity contribution in [3.63, 3.8) is 0 Å². The van der Waals surface area contributed by atoms with Crippen molar-refractivity contribution in [3.05, 3.63) is 12.2 Å². The highest BCUT2D eigenvalue weighted by atomic mass is 16.4. The Morgan fingerprint density at radius 1 is 1.10 bits per heavy atom. The highest BCUT2D eigenvalue weighted by Crippen LogP contribution is 2.64. The van der Waals surface area contributed by atoms with Gasteiger partial charge >= 0.3 is 5.97 Å². The van der Waals surface area contributed by atoms with Gasteiger partial charge in [-0.05, 0) is 78.6 Å². The lowest BCUT2D eigenvalue weighted by molar-refractivity contribution is -0.156. The fraction of sp³-hybridized carbons (Fsp3) is 0.846. The molecule has 164 valence electrons. The topological polar surface area (TPSA) is 54.4 Å². The van der Waals surface area contributed by atoms with Crippen molar-refractivity contribution in [3.8, 4) is 0 Å². The van der Waals surface area contributed by atoms with Crippen LogP contribution < -0.4 is 0 Å². The molecule has 29 heavy (non-hydrogen) atoms. The van der Waals surface area contributed by atoms with Gasteiger partial charge in [0.05, 0.1) is 5.92 Å². The van der Waals surface area contributed by atoms with Crippen LogP contribution in [0.25, 0.3) is 0 Å². The SMILES string of the molecule is CC(C)CCC[C@H](C)[C@@H]1CC[C@H]2[C@@H](C(=O)O)[C@@H]([C@]3(C)C=CC(=O)CC3)CC[C@@]21C. The largest absolute Gasteiger partial charge is 0.481 e. The van der Waals surface area contributed by atoms with Crippen molar-refractivity contribution < 1.29 is 14.7 Å². The normalized spacial score (nSPS) is 40.8. The van der Waals surface area contributed by atoms with Gasteiger partial charge in [-0.25, -0.2) is 0 Å². The Bertz CT molecular complexity index is 650. The fourth-order valence-electron chi connectivity index (χ4n) is 7.40. The van der Waals surface area contributed by atoms with E-state index in [4.69, 9.17) is 0 Å². The summed E-state index contributed by atoms with van der Waals surface area (Å²) in [6.07, 6.45) is 13.3. The Kier molecular flexibility index (Phi) is 6.65. The molecule has 2 fully saturated rings. The van der Waals surface area contributed by atoms with Gasteiger partial charge in [0.25, 0.3) is 0 Å². The molecule has 0 aliphatic heterocycles. The van der Waals surface area contributed by atoms with Crippen molar-refractivity contribution in [2.75, 3.05) is 0 Å². The quantitative estimate of drug-likeness (QED) is 0.527. The first-order chi connectivity index (χ1) is 13.6. The molecule has 0 saturated heterocycles. The third-order valence-electron chi connectivity index (χ3n) is 9.16. The average Bonchev–Trinajstić information content (AvgIpc) is 3.00. The number of aliphatic carboxylic acids is 1. The van der Waals surface area contributed by atoms with E-state index in [0.717, 1.165) is 31.6 Å². The maximum atomic E-state index is 12.5. The lowest BCUT2D eigenvalue weighted by Gasteiger charge is -2.53. The first kappa shape index (κ1) is 22.6. The summed E-state index contributed by atoms with van der Waals surface area (Å²) >= 11 is 0. The summed E-state index contributed by atoms with van der Waals surface area (Å²) in [4.78, 5) is 24.3. The molecule has 0 heterocycles. The van der Waals surface area contributed by atoms with Gasteiger partial charge in [0.1, 0.15) is 0 Å². The van der Waals surface area contributed by atoms with Crippen LogP contribution in [0.1, 0.15) is 92.4 Å². The summed E-state index contributed by atoms with van der Waals surface area (Å²) in [7, 11) is 0. The minimum absolute atomic E-state index is 0.150. The second-order valence-electron chi connectivity index (χ2n) is 11.4. The molecular weight excluding hydrogens is 360 g/mol. The van der Waals surface area contributed by atoms with E-state index >= 15 is 0 Å². The van der Waals surface area contributed by atoms with Crippen LogP contribution >= 0.6 is 0 Å². The van der Waals surface area contributed by atoms with Crippen molar-refractivity contribution in [2.24, 2.45) is 46.3 Å². The van der Waals surface area contributed by atoms with E-state index < -0.39 is 5.97 Å².